The molecule has 1 aromatic carbocycles. The number of rotatable bonds is 3. The van der Waals surface area contributed by atoms with Crippen LogP contribution in [0.4, 0.5) is 0 Å². The number of esters is 1. The minimum atomic E-state index is -2.74. The Morgan fingerprint density at radius 2 is 1.94 bits per heavy atom. The molecule has 0 saturated heterocycles. The topological polar surface area (TPSA) is 98.8 Å². The van der Waals surface area contributed by atoms with Crippen LogP contribution in [0.2, 0.25) is 0 Å². The van der Waals surface area contributed by atoms with Crippen LogP contribution in [-0.4, -0.2) is 31.6 Å². The molecule has 0 bridgehead atoms. The van der Waals surface area contributed by atoms with Gasteiger partial charge in [0.25, 0.3) is 0 Å². The van der Waals surface area contributed by atoms with Crippen LogP contribution in [-0.2, 0) is 13.8 Å². The summed E-state index contributed by atoms with van der Waals surface area (Å²) in [4.78, 5) is 10.9. The van der Waals surface area contributed by atoms with E-state index in [0.29, 0.717) is 0 Å². The average Bonchev–Trinajstić information content (AvgIpc) is 2.39. The molecule has 18 heavy (non-hydrogen) atoms. The van der Waals surface area contributed by atoms with Gasteiger partial charge in [-0.1, -0.05) is 23.5 Å². The highest BCUT2D eigenvalue weighted by Gasteiger charge is 2.09. The van der Waals surface area contributed by atoms with Gasteiger partial charge in [-0.15, -0.1) is 0 Å². The minimum Gasteiger partial charge on any atom is -0.507 e. The molecule has 0 heterocycles. The Bertz CT molecular complexity index is 432. The zero-order chi connectivity index (χ0) is 14.2. The van der Waals surface area contributed by atoms with Crippen molar-refractivity contribution >= 4 is 24.1 Å². The van der Waals surface area contributed by atoms with E-state index in [1.54, 1.807) is 18.4 Å². The van der Waals surface area contributed by atoms with Gasteiger partial charge in [0.1, 0.15) is 11.3 Å². The lowest BCUT2D eigenvalue weighted by Gasteiger charge is -2.02. The van der Waals surface area contributed by atoms with Crippen molar-refractivity contribution in [2.75, 3.05) is 20.5 Å². The number of benzene rings is 1. The molecule has 1 rings (SSSR count). The van der Waals surface area contributed by atoms with Crippen LogP contribution in [0.3, 0.4) is 0 Å². The Morgan fingerprint density at radius 3 is 2.28 bits per heavy atom. The summed E-state index contributed by atoms with van der Waals surface area (Å²) < 4.78 is 19.3. The standard InChI is InChI=1S/C8H8O3.C2H8NO2PS/c1-11-8(10)6-4-2-3-5-7(6)9;1-5-6(3,4)7-2/h2-5,9H,1H3;1-2H3,(H2,3,4). The monoisotopic (exact) mass is 293 g/mol. The molecule has 1 aromatic rings. The highest BCUT2D eigenvalue weighted by atomic mass is 32.7. The number of phenolic OH excluding ortho intramolecular Hbond substituents is 1. The molecule has 0 amide bonds. The quantitative estimate of drug-likeness (QED) is 0.651. The molecule has 102 valence electrons. The van der Waals surface area contributed by atoms with Gasteiger partial charge in [0.2, 0.25) is 0 Å². The van der Waals surface area contributed by atoms with E-state index in [2.05, 4.69) is 9.26 Å². The summed E-state index contributed by atoms with van der Waals surface area (Å²) in [5.41, 5.74) is 5.20. The lowest BCUT2D eigenvalue weighted by atomic mass is 10.2. The first-order valence-electron chi connectivity index (χ1n) is 4.74. The molecule has 0 spiro atoms. The number of carbonyl (C=O) groups excluding carboxylic acids is 1. The molecule has 1 unspecified atom stereocenters. The van der Waals surface area contributed by atoms with Crippen molar-refractivity contribution in [1.82, 2.24) is 0 Å². The number of hydrogen-bond acceptors (Lipinski definition) is 6. The first kappa shape index (κ1) is 17.0. The molecule has 0 saturated carbocycles. The van der Waals surface area contributed by atoms with E-state index in [1.165, 1.54) is 26.4 Å². The molecule has 1 atom stereocenters. The van der Waals surface area contributed by atoms with Gasteiger partial charge in [-0.2, -0.15) is 0 Å². The van der Waals surface area contributed by atoms with Crippen molar-refractivity contribution < 1.29 is 23.7 Å². The summed E-state index contributed by atoms with van der Waals surface area (Å²) in [7, 11) is 2.60. The van der Waals surface area contributed by atoms with Gasteiger partial charge in [-0.05, 0) is 18.4 Å². The molecule has 0 aliphatic heterocycles. The number of para-hydroxylation sites is 1. The van der Waals surface area contributed by atoms with Crippen LogP contribution < -0.4 is 5.50 Å². The summed E-state index contributed by atoms with van der Waals surface area (Å²) in [6.45, 7) is -2.74. The number of phenols is 1. The predicted octanol–water partition coefficient (Wildman–Crippen LogP) is 2.24. The number of methoxy groups -OCH3 is 1. The predicted molar refractivity (Wildman–Crippen MR) is 71.8 cm³/mol. The van der Waals surface area contributed by atoms with Gasteiger partial charge >= 0.3 is 12.7 Å². The van der Waals surface area contributed by atoms with Crippen LogP contribution in [0, 0.1) is 0 Å². The van der Waals surface area contributed by atoms with E-state index in [0.717, 1.165) is 11.4 Å². The molecule has 6 nitrogen and oxygen atoms in total. The Morgan fingerprint density at radius 1 is 1.39 bits per heavy atom. The van der Waals surface area contributed by atoms with Gasteiger partial charge in [-0.25, -0.2) is 4.79 Å². The molecular weight excluding hydrogens is 277 g/mol. The minimum absolute atomic E-state index is 0.0562. The Labute approximate surface area is 110 Å². The van der Waals surface area contributed by atoms with Gasteiger partial charge in [0.15, 0.2) is 0 Å². The smallest absolute Gasteiger partial charge is 0.341 e. The van der Waals surface area contributed by atoms with Crippen molar-refractivity contribution in [3.05, 3.63) is 29.8 Å². The lowest BCUT2D eigenvalue weighted by Crippen LogP contribution is -2.00. The average molecular weight is 293 g/mol. The summed E-state index contributed by atoms with van der Waals surface area (Å²) in [6.07, 6.45) is 1.64. The first-order chi connectivity index (χ1) is 8.37. The van der Waals surface area contributed by atoms with Crippen LogP contribution in [0.5, 0.6) is 5.75 Å². The normalized spacial score (nSPS) is 12.9. The number of carbonyl (C=O) groups is 1. The largest absolute Gasteiger partial charge is 0.507 e. The van der Waals surface area contributed by atoms with E-state index in [4.69, 9.17) is 10.6 Å². The van der Waals surface area contributed by atoms with E-state index < -0.39 is 12.7 Å². The molecule has 0 aliphatic rings. The summed E-state index contributed by atoms with van der Waals surface area (Å²) in [6, 6.07) is 6.24. The van der Waals surface area contributed by atoms with Crippen LogP contribution in [0.25, 0.3) is 0 Å². The van der Waals surface area contributed by atoms with E-state index in [1.807, 2.05) is 0 Å². The maximum absolute atomic E-state index is 10.9. The zero-order valence-corrected chi connectivity index (χ0v) is 12.0. The second kappa shape index (κ2) is 8.16. The van der Waals surface area contributed by atoms with Crippen LogP contribution >= 0.6 is 18.1 Å². The fraction of sp³-hybridized carbons (Fsp3) is 0.300. The summed E-state index contributed by atoms with van der Waals surface area (Å²) >= 11 is 1.04. The number of nitrogens with two attached hydrogens (primary N) is 1. The Kier molecular flexibility index (Phi) is 7.70. The van der Waals surface area contributed by atoms with Crippen molar-refractivity contribution in [2.45, 2.75) is 0 Å². The third-order valence-corrected chi connectivity index (χ3v) is 4.81. The zero-order valence-electron chi connectivity index (χ0n) is 10.3. The van der Waals surface area contributed by atoms with E-state index in [9.17, 15) is 9.36 Å². The van der Waals surface area contributed by atoms with Crippen molar-refractivity contribution in [3.63, 3.8) is 0 Å². The number of hydrogen-bond donors (Lipinski definition) is 2. The third kappa shape index (κ3) is 6.07. The first-order valence-corrected chi connectivity index (χ1v) is 8.26. The number of ether oxygens (including phenoxy) is 1. The summed E-state index contributed by atoms with van der Waals surface area (Å²) in [5, 5.41) is 9.11. The van der Waals surface area contributed by atoms with Crippen molar-refractivity contribution in [2.24, 2.45) is 5.50 Å². The van der Waals surface area contributed by atoms with Crippen molar-refractivity contribution in [1.29, 1.82) is 0 Å². The van der Waals surface area contributed by atoms with Crippen molar-refractivity contribution in [3.8, 4) is 5.75 Å². The van der Waals surface area contributed by atoms with Gasteiger partial charge in [0.05, 0.1) is 7.11 Å². The molecule has 3 N–H and O–H groups in total. The molecule has 0 radical (unpaired) electrons. The third-order valence-electron chi connectivity index (χ3n) is 1.82. The highest BCUT2D eigenvalue weighted by molar-refractivity contribution is 8.55. The highest BCUT2D eigenvalue weighted by Crippen LogP contribution is 2.48. The molecule has 0 fully saturated rings. The van der Waals surface area contributed by atoms with Gasteiger partial charge in [0, 0.05) is 7.11 Å². The molecule has 8 heteroatoms. The van der Waals surface area contributed by atoms with E-state index in [-0.39, 0.29) is 11.3 Å². The number of aromatic hydroxyl groups is 1. The fourth-order valence-electron chi connectivity index (χ4n) is 0.831. The molecule has 0 aliphatic carbocycles. The van der Waals surface area contributed by atoms with Gasteiger partial charge < -0.3 is 14.4 Å². The molecular formula is C10H16NO5PS. The maximum atomic E-state index is 10.9. The van der Waals surface area contributed by atoms with Crippen LogP contribution in [0.1, 0.15) is 10.4 Å². The lowest BCUT2D eigenvalue weighted by molar-refractivity contribution is 0.0597. The Hall–Kier alpha value is -1.01. The molecule has 0 aromatic heterocycles. The van der Waals surface area contributed by atoms with Gasteiger partial charge in [-0.3, -0.25) is 10.1 Å². The second-order valence-electron chi connectivity index (χ2n) is 2.91. The fourth-order valence-corrected chi connectivity index (χ4v) is 1.43. The van der Waals surface area contributed by atoms with Crippen LogP contribution in [0.15, 0.2) is 24.3 Å². The van der Waals surface area contributed by atoms with E-state index >= 15 is 0 Å². The SMILES string of the molecule is COC(=O)c1ccccc1O.COP(N)(=O)SC. The second-order valence-corrected chi connectivity index (χ2v) is 7.35. The Balaban J connectivity index is 0.000000360. The maximum Gasteiger partial charge on any atom is 0.341 e. The summed E-state index contributed by atoms with van der Waals surface area (Å²) in [5.74, 6) is -0.581.